The lowest BCUT2D eigenvalue weighted by molar-refractivity contribution is -0.120. The largest absolute Gasteiger partial charge is 0.455 e. The van der Waals surface area contributed by atoms with Crippen LogP contribution in [0.2, 0.25) is 0 Å². The Balaban J connectivity index is 1.36. The van der Waals surface area contributed by atoms with Gasteiger partial charge in [0.15, 0.2) is 11.6 Å². The van der Waals surface area contributed by atoms with Gasteiger partial charge in [0.1, 0.15) is 11.8 Å². The van der Waals surface area contributed by atoms with Crippen molar-refractivity contribution < 1.29 is 19.7 Å². The fourth-order valence-electron chi connectivity index (χ4n) is 4.86. The van der Waals surface area contributed by atoms with Crippen LogP contribution in [-0.2, 0) is 11.3 Å². The molecule has 11 nitrogen and oxygen atoms in total. The zero-order valence-electron chi connectivity index (χ0n) is 20.3. The maximum atomic E-state index is 13.3. The third-order valence-electron chi connectivity index (χ3n) is 6.71. The van der Waals surface area contributed by atoms with Gasteiger partial charge in [-0.25, -0.2) is 4.68 Å². The molecule has 194 valence electrons. The third-order valence-corrected chi connectivity index (χ3v) is 6.71. The number of nitrogens with one attached hydrogen (secondary N) is 2. The van der Waals surface area contributed by atoms with Gasteiger partial charge in [-0.2, -0.15) is 10.2 Å². The highest BCUT2D eigenvalue weighted by molar-refractivity contribution is 5.92. The van der Waals surface area contributed by atoms with Crippen molar-refractivity contribution in [3.05, 3.63) is 65.3 Å². The van der Waals surface area contributed by atoms with Crippen LogP contribution in [0.5, 0.6) is 11.5 Å². The molecule has 2 atom stereocenters. The lowest BCUT2D eigenvalue weighted by Gasteiger charge is -2.21. The molecule has 4 N–H and O–H groups in total. The first-order valence-corrected chi connectivity index (χ1v) is 12.5. The summed E-state index contributed by atoms with van der Waals surface area (Å²) in [6.45, 7) is -0.295. The summed E-state index contributed by atoms with van der Waals surface area (Å²) in [4.78, 5) is 29.6. The SMILES string of the molecule is O=C(Nc1ccn(C[C@@H](O)CO)n1)C(CC1CCCC1)n1ncc(Oc2cccc3[nH]ccc23)cc1=O. The topological polar surface area (TPSA) is 147 Å². The Morgan fingerprint density at radius 2 is 2.08 bits per heavy atom. The van der Waals surface area contributed by atoms with E-state index in [4.69, 9.17) is 9.84 Å². The zero-order chi connectivity index (χ0) is 25.8. The van der Waals surface area contributed by atoms with Gasteiger partial charge in [-0.3, -0.25) is 14.3 Å². The molecule has 0 bridgehead atoms. The Kier molecular flexibility index (Phi) is 7.33. The summed E-state index contributed by atoms with van der Waals surface area (Å²) in [5, 5.41) is 30.9. The number of fused-ring (bicyclic) bond motifs is 1. The van der Waals surface area contributed by atoms with Gasteiger partial charge in [0, 0.05) is 35.4 Å². The van der Waals surface area contributed by atoms with Gasteiger partial charge >= 0.3 is 0 Å². The summed E-state index contributed by atoms with van der Waals surface area (Å²) in [7, 11) is 0. The Morgan fingerprint density at radius 1 is 1.24 bits per heavy atom. The van der Waals surface area contributed by atoms with Gasteiger partial charge in [0.2, 0.25) is 0 Å². The number of aliphatic hydroxyl groups excluding tert-OH is 2. The number of hydrogen-bond acceptors (Lipinski definition) is 7. The van der Waals surface area contributed by atoms with E-state index in [0.29, 0.717) is 23.9 Å². The minimum absolute atomic E-state index is 0.0941. The number of aromatic nitrogens is 5. The van der Waals surface area contributed by atoms with Crippen LogP contribution >= 0.6 is 0 Å². The molecule has 3 heterocycles. The van der Waals surface area contributed by atoms with Crippen molar-refractivity contribution in [1.29, 1.82) is 0 Å². The quantitative estimate of drug-likeness (QED) is 0.259. The Morgan fingerprint density at radius 3 is 2.86 bits per heavy atom. The molecule has 3 aromatic heterocycles. The van der Waals surface area contributed by atoms with Crippen LogP contribution in [0.4, 0.5) is 5.82 Å². The summed E-state index contributed by atoms with van der Waals surface area (Å²) in [6, 6.07) is 9.64. The summed E-state index contributed by atoms with van der Waals surface area (Å²) >= 11 is 0. The molecule has 37 heavy (non-hydrogen) atoms. The van der Waals surface area contributed by atoms with E-state index in [9.17, 15) is 14.7 Å². The summed E-state index contributed by atoms with van der Waals surface area (Å²) in [6.07, 6.45) is 8.64. The number of carbonyl (C=O) groups is 1. The van der Waals surface area contributed by atoms with Crippen molar-refractivity contribution in [2.75, 3.05) is 11.9 Å². The molecule has 1 aliphatic rings. The van der Waals surface area contributed by atoms with Gasteiger partial charge in [-0.1, -0.05) is 31.7 Å². The lowest BCUT2D eigenvalue weighted by Crippen LogP contribution is -2.36. The van der Waals surface area contributed by atoms with Crippen molar-refractivity contribution >= 4 is 22.6 Å². The fourth-order valence-corrected chi connectivity index (χ4v) is 4.86. The fraction of sp³-hybridized carbons (Fsp3) is 0.385. The van der Waals surface area contributed by atoms with E-state index in [-0.39, 0.29) is 24.8 Å². The molecule has 1 unspecified atom stereocenters. The predicted octanol–water partition coefficient (Wildman–Crippen LogP) is 2.83. The number of nitrogens with zero attached hydrogens (tertiary/aromatic N) is 4. The predicted molar refractivity (Wildman–Crippen MR) is 136 cm³/mol. The first-order valence-electron chi connectivity index (χ1n) is 12.5. The molecule has 1 fully saturated rings. The van der Waals surface area contributed by atoms with Gasteiger partial charge in [0.05, 0.1) is 25.5 Å². The Labute approximate surface area is 212 Å². The molecule has 5 rings (SSSR count). The first-order chi connectivity index (χ1) is 18.0. The van der Waals surface area contributed by atoms with Crippen LogP contribution in [0.3, 0.4) is 0 Å². The highest BCUT2D eigenvalue weighted by atomic mass is 16.5. The summed E-state index contributed by atoms with van der Waals surface area (Å²) in [5.41, 5.74) is 0.480. The highest BCUT2D eigenvalue weighted by Gasteiger charge is 2.29. The van der Waals surface area contributed by atoms with E-state index < -0.39 is 17.7 Å². The van der Waals surface area contributed by atoms with Crippen molar-refractivity contribution in [3.63, 3.8) is 0 Å². The number of hydrogen-bond donors (Lipinski definition) is 4. The van der Waals surface area contributed by atoms with E-state index in [1.54, 1.807) is 12.3 Å². The highest BCUT2D eigenvalue weighted by Crippen LogP contribution is 2.32. The standard InChI is InChI=1S/C26H30N6O5/c33-16-18(34)15-31-11-9-24(30-31)29-26(36)22(12-17-4-1-2-5-17)32-25(35)13-19(14-28-32)37-23-7-3-6-21-20(23)8-10-27-21/h3,6-11,13-14,17-18,22,27,33-34H,1-2,4-5,12,15-16H2,(H,29,30,36)/t18-,22?/m1/s1. The van der Waals surface area contributed by atoms with E-state index in [1.807, 2.05) is 30.5 Å². The molecule has 11 heteroatoms. The number of rotatable bonds is 10. The Hall–Kier alpha value is -3.96. The molecule has 0 saturated heterocycles. The van der Waals surface area contributed by atoms with Crippen LogP contribution in [0, 0.1) is 5.92 Å². The molecule has 1 aliphatic carbocycles. The molecule has 0 radical (unpaired) electrons. The minimum Gasteiger partial charge on any atom is -0.455 e. The average Bonchev–Trinajstić information content (AvgIpc) is 3.66. The monoisotopic (exact) mass is 506 g/mol. The van der Waals surface area contributed by atoms with Gasteiger partial charge in [0.25, 0.3) is 11.5 Å². The second-order valence-corrected chi connectivity index (χ2v) is 9.42. The van der Waals surface area contributed by atoms with Crippen molar-refractivity contribution in [2.45, 2.75) is 50.8 Å². The minimum atomic E-state index is -0.952. The van der Waals surface area contributed by atoms with Gasteiger partial charge in [-0.05, 0) is 30.5 Å². The van der Waals surface area contributed by atoms with Gasteiger partial charge < -0.3 is 25.3 Å². The Bertz CT molecular complexity index is 1420. The molecular formula is C26H30N6O5. The smallest absolute Gasteiger partial charge is 0.271 e. The van der Waals surface area contributed by atoms with E-state index >= 15 is 0 Å². The maximum absolute atomic E-state index is 13.3. The number of ether oxygens (including phenoxy) is 1. The van der Waals surface area contributed by atoms with Crippen molar-refractivity contribution in [3.8, 4) is 11.5 Å². The number of anilines is 1. The molecule has 0 aliphatic heterocycles. The first kappa shape index (κ1) is 24.7. The number of benzene rings is 1. The second-order valence-electron chi connectivity index (χ2n) is 9.42. The van der Waals surface area contributed by atoms with E-state index in [2.05, 4.69) is 20.5 Å². The number of aromatic amines is 1. The molecule has 4 aromatic rings. The molecule has 1 amide bonds. The zero-order valence-corrected chi connectivity index (χ0v) is 20.3. The number of carbonyl (C=O) groups excluding carboxylic acids is 1. The van der Waals surface area contributed by atoms with Crippen molar-refractivity contribution in [2.24, 2.45) is 5.92 Å². The molecule has 1 aromatic carbocycles. The van der Waals surface area contributed by atoms with Crippen LogP contribution in [0.1, 0.15) is 38.1 Å². The number of H-pyrrole nitrogens is 1. The normalized spacial score (nSPS) is 15.6. The molecular weight excluding hydrogens is 476 g/mol. The van der Waals surface area contributed by atoms with Gasteiger partial charge in [-0.15, -0.1) is 0 Å². The van der Waals surface area contributed by atoms with Crippen LogP contribution in [0.15, 0.2) is 59.8 Å². The van der Waals surface area contributed by atoms with Crippen LogP contribution < -0.4 is 15.6 Å². The average molecular weight is 507 g/mol. The number of aliphatic hydroxyl groups is 2. The summed E-state index contributed by atoms with van der Waals surface area (Å²) < 4.78 is 8.60. The maximum Gasteiger partial charge on any atom is 0.271 e. The lowest BCUT2D eigenvalue weighted by atomic mass is 9.98. The number of amides is 1. The van der Waals surface area contributed by atoms with Crippen LogP contribution in [0.25, 0.3) is 10.9 Å². The molecule has 0 spiro atoms. The van der Waals surface area contributed by atoms with Crippen LogP contribution in [-0.4, -0.2) is 53.4 Å². The molecule has 1 saturated carbocycles. The summed E-state index contributed by atoms with van der Waals surface area (Å²) in [5.74, 6) is 1.11. The van der Waals surface area contributed by atoms with E-state index in [1.165, 1.54) is 21.6 Å². The second kappa shape index (κ2) is 11.0. The third kappa shape index (κ3) is 5.73. The van der Waals surface area contributed by atoms with E-state index in [0.717, 1.165) is 36.6 Å². The van der Waals surface area contributed by atoms with Crippen molar-refractivity contribution in [1.82, 2.24) is 24.5 Å².